The number of amides is 2. The van der Waals surface area contributed by atoms with Crippen LogP contribution in [0.5, 0.6) is 5.75 Å². The second-order valence-electron chi connectivity index (χ2n) is 8.80. The van der Waals surface area contributed by atoms with Crippen LogP contribution in [0.15, 0.2) is 36.5 Å². The van der Waals surface area contributed by atoms with E-state index < -0.39 is 29.7 Å². The molecule has 186 valence electrons. The van der Waals surface area contributed by atoms with E-state index in [1.54, 1.807) is 29.7 Å². The average Bonchev–Trinajstić information content (AvgIpc) is 3.17. The Morgan fingerprint density at radius 1 is 1.23 bits per heavy atom. The van der Waals surface area contributed by atoms with Crippen LogP contribution in [0.2, 0.25) is 0 Å². The highest BCUT2D eigenvalue weighted by Gasteiger charge is 2.25. The molecule has 1 aliphatic carbocycles. The number of hydrogen-bond donors (Lipinski definition) is 3. The SMILES string of the molecule is Cc1nc2c(OCC3CCCCC3)cccn2c1C(=O)NC(CNC(=O)O)c1ccc(F)cc1F. The fraction of sp³-hybridized carbons (Fsp3) is 0.400. The number of imidazole rings is 1. The highest BCUT2D eigenvalue weighted by atomic mass is 19.1. The van der Waals surface area contributed by atoms with Crippen molar-refractivity contribution in [2.24, 2.45) is 5.92 Å². The lowest BCUT2D eigenvalue weighted by molar-refractivity contribution is 0.0927. The van der Waals surface area contributed by atoms with Crippen molar-refractivity contribution in [3.8, 4) is 5.75 Å². The Kier molecular flexibility index (Phi) is 7.48. The maximum Gasteiger partial charge on any atom is 0.404 e. The van der Waals surface area contributed by atoms with E-state index in [9.17, 15) is 18.4 Å². The van der Waals surface area contributed by atoms with Gasteiger partial charge in [-0.1, -0.05) is 25.3 Å². The van der Waals surface area contributed by atoms with Gasteiger partial charge in [-0.3, -0.25) is 9.20 Å². The highest BCUT2D eigenvalue weighted by Crippen LogP contribution is 2.27. The lowest BCUT2D eigenvalue weighted by Gasteiger charge is -2.21. The van der Waals surface area contributed by atoms with Crippen molar-refractivity contribution in [3.05, 3.63) is 65.1 Å². The van der Waals surface area contributed by atoms with Gasteiger partial charge in [0.2, 0.25) is 0 Å². The van der Waals surface area contributed by atoms with Crippen molar-refractivity contribution in [2.45, 2.75) is 45.1 Å². The molecule has 3 N–H and O–H groups in total. The van der Waals surface area contributed by atoms with Gasteiger partial charge in [-0.2, -0.15) is 0 Å². The van der Waals surface area contributed by atoms with Gasteiger partial charge in [-0.15, -0.1) is 0 Å². The van der Waals surface area contributed by atoms with Gasteiger partial charge in [0.05, 0.1) is 18.3 Å². The van der Waals surface area contributed by atoms with Crippen LogP contribution in [0, 0.1) is 24.5 Å². The minimum atomic E-state index is -1.34. The van der Waals surface area contributed by atoms with E-state index in [1.807, 2.05) is 0 Å². The summed E-state index contributed by atoms with van der Waals surface area (Å²) in [4.78, 5) is 28.8. The number of aromatic nitrogens is 2. The predicted octanol–water partition coefficient (Wildman–Crippen LogP) is 4.62. The Morgan fingerprint density at radius 3 is 2.71 bits per heavy atom. The Hall–Kier alpha value is -3.69. The van der Waals surface area contributed by atoms with Gasteiger partial charge in [0.15, 0.2) is 11.4 Å². The quantitative estimate of drug-likeness (QED) is 0.431. The number of nitrogens with zero attached hydrogens (tertiary/aromatic N) is 2. The molecule has 0 radical (unpaired) electrons. The maximum atomic E-state index is 14.4. The monoisotopic (exact) mass is 486 g/mol. The summed E-state index contributed by atoms with van der Waals surface area (Å²) in [5, 5.41) is 13.8. The first kappa shape index (κ1) is 24.4. The third-order valence-corrected chi connectivity index (χ3v) is 6.30. The molecule has 3 aromatic rings. The summed E-state index contributed by atoms with van der Waals surface area (Å²) < 4.78 is 35.5. The Balaban J connectivity index is 1.58. The molecule has 1 unspecified atom stereocenters. The number of nitrogens with one attached hydrogen (secondary N) is 2. The van der Waals surface area contributed by atoms with Crippen molar-refractivity contribution in [1.29, 1.82) is 0 Å². The van der Waals surface area contributed by atoms with Crippen LogP contribution in [0.4, 0.5) is 13.6 Å². The zero-order valence-electron chi connectivity index (χ0n) is 19.4. The Bertz CT molecular complexity index is 1220. The first-order chi connectivity index (χ1) is 16.8. The lowest BCUT2D eigenvalue weighted by atomic mass is 9.90. The number of carboxylic acid groups (broad SMARTS) is 1. The van der Waals surface area contributed by atoms with E-state index in [4.69, 9.17) is 9.84 Å². The van der Waals surface area contributed by atoms with Crippen molar-refractivity contribution < 1.29 is 28.2 Å². The van der Waals surface area contributed by atoms with E-state index in [2.05, 4.69) is 15.6 Å². The predicted molar refractivity (Wildman–Crippen MR) is 125 cm³/mol. The summed E-state index contributed by atoms with van der Waals surface area (Å²) in [7, 11) is 0. The zero-order valence-corrected chi connectivity index (χ0v) is 19.4. The summed E-state index contributed by atoms with van der Waals surface area (Å²) in [6, 6.07) is 5.40. The number of benzene rings is 1. The number of ether oxygens (including phenoxy) is 1. The first-order valence-corrected chi connectivity index (χ1v) is 11.7. The molecule has 0 aliphatic heterocycles. The van der Waals surface area contributed by atoms with Gasteiger partial charge >= 0.3 is 6.09 Å². The van der Waals surface area contributed by atoms with Crippen LogP contribution < -0.4 is 15.4 Å². The van der Waals surface area contributed by atoms with Crippen LogP contribution in [0.1, 0.15) is 59.9 Å². The van der Waals surface area contributed by atoms with Gasteiger partial charge in [0, 0.05) is 24.4 Å². The molecule has 0 bridgehead atoms. The molecule has 0 spiro atoms. The van der Waals surface area contributed by atoms with Gasteiger partial charge in [-0.25, -0.2) is 18.6 Å². The number of carbonyl (C=O) groups is 2. The molecular weight excluding hydrogens is 458 g/mol. The van der Waals surface area contributed by atoms with Crippen LogP contribution in [-0.4, -0.2) is 39.6 Å². The number of halogens is 2. The molecule has 2 heterocycles. The van der Waals surface area contributed by atoms with E-state index in [1.165, 1.54) is 25.3 Å². The van der Waals surface area contributed by atoms with E-state index >= 15 is 0 Å². The fourth-order valence-corrected chi connectivity index (χ4v) is 4.54. The number of hydrogen-bond acceptors (Lipinski definition) is 4. The van der Waals surface area contributed by atoms with Gasteiger partial charge in [0.25, 0.3) is 5.91 Å². The molecule has 1 saturated carbocycles. The first-order valence-electron chi connectivity index (χ1n) is 11.7. The number of carbonyl (C=O) groups excluding carboxylic acids is 1. The third-order valence-electron chi connectivity index (χ3n) is 6.30. The third kappa shape index (κ3) is 5.70. The smallest absolute Gasteiger partial charge is 0.404 e. The van der Waals surface area contributed by atoms with Crippen LogP contribution in [-0.2, 0) is 0 Å². The van der Waals surface area contributed by atoms with E-state index in [0.717, 1.165) is 18.9 Å². The molecule has 1 fully saturated rings. The van der Waals surface area contributed by atoms with Gasteiger partial charge in [-0.05, 0) is 43.9 Å². The van der Waals surface area contributed by atoms with Crippen molar-refractivity contribution >= 4 is 17.6 Å². The Morgan fingerprint density at radius 2 is 2.00 bits per heavy atom. The van der Waals surface area contributed by atoms with Crippen molar-refractivity contribution in [2.75, 3.05) is 13.2 Å². The van der Waals surface area contributed by atoms with Crippen LogP contribution in [0.25, 0.3) is 5.65 Å². The van der Waals surface area contributed by atoms with Crippen molar-refractivity contribution in [1.82, 2.24) is 20.0 Å². The summed E-state index contributed by atoms with van der Waals surface area (Å²) >= 11 is 0. The fourth-order valence-electron chi connectivity index (χ4n) is 4.54. The van der Waals surface area contributed by atoms with Gasteiger partial charge in [0.1, 0.15) is 17.3 Å². The second kappa shape index (κ2) is 10.7. The molecular formula is C25H28F2N4O4. The summed E-state index contributed by atoms with van der Waals surface area (Å²) in [5.41, 5.74) is 1.09. The molecule has 8 nitrogen and oxygen atoms in total. The molecule has 10 heteroatoms. The summed E-state index contributed by atoms with van der Waals surface area (Å²) in [6.45, 7) is 1.95. The number of fused-ring (bicyclic) bond motifs is 1. The zero-order chi connectivity index (χ0) is 24.9. The molecule has 1 aromatic carbocycles. The molecule has 1 atom stereocenters. The van der Waals surface area contributed by atoms with Crippen LogP contribution in [0.3, 0.4) is 0 Å². The van der Waals surface area contributed by atoms with Gasteiger partial charge < -0.3 is 20.5 Å². The normalized spacial score (nSPS) is 15.1. The largest absolute Gasteiger partial charge is 0.489 e. The standard InChI is InChI=1S/C25H28F2N4O4/c1-15-22(24(32)30-20(13-28-25(33)34)18-10-9-17(26)12-19(18)27)31-11-5-8-21(23(31)29-15)35-14-16-6-3-2-4-7-16/h5,8-12,16,20,28H,2-4,6-7,13-14H2,1H3,(H,30,32)(H,33,34). The second-order valence-corrected chi connectivity index (χ2v) is 8.80. The molecule has 4 rings (SSSR count). The molecule has 0 saturated heterocycles. The average molecular weight is 487 g/mol. The highest BCUT2D eigenvalue weighted by molar-refractivity contribution is 5.95. The number of pyridine rings is 1. The maximum absolute atomic E-state index is 14.4. The Labute approximate surface area is 201 Å². The minimum Gasteiger partial charge on any atom is -0.489 e. The summed E-state index contributed by atoms with van der Waals surface area (Å²) in [5.74, 6) is -1.19. The molecule has 2 aromatic heterocycles. The molecule has 1 aliphatic rings. The lowest BCUT2D eigenvalue weighted by Crippen LogP contribution is -2.38. The topological polar surface area (TPSA) is 105 Å². The van der Waals surface area contributed by atoms with E-state index in [0.29, 0.717) is 35.7 Å². The minimum absolute atomic E-state index is 0.0449. The number of rotatable bonds is 8. The summed E-state index contributed by atoms with van der Waals surface area (Å²) in [6.07, 6.45) is 6.29. The number of aryl methyl sites for hydroxylation is 1. The van der Waals surface area contributed by atoms with E-state index in [-0.39, 0.29) is 17.8 Å². The molecule has 2 amide bonds. The molecule has 35 heavy (non-hydrogen) atoms. The van der Waals surface area contributed by atoms with Crippen molar-refractivity contribution in [3.63, 3.8) is 0 Å². The van der Waals surface area contributed by atoms with Crippen LogP contribution >= 0.6 is 0 Å².